The van der Waals surface area contributed by atoms with Gasteiger partial charge in [-0.25, -0.2) is 0 Å². The molecule has 14 heavy (non-hydrogen) atoms. The fourth-order valence-corrected chi connectivity index (χ4v) is 1.77. The first-order valence-corrected chi connectivity index (χ1v) is 4.36. The van der Waals surface area contributed by atoms with Gasteiger partial charge in [0.15, 0.2) is 0 Å². The lowest BCUT2D eigenvalue weighted by Gasteiger charge is -2.14. The first kappa shape index (κ1) is 8.87. The molecule has 4 nitrogen and oxygen atoms in total. The number of methoxy groups -OCH3 is 1. The van der Waals surface area contributed by atoms with Gasteiger partial charge in [0.1, 0.15) is 5.75 Å². The minimum Gasteiger partial charge on any atom is -0.494 e. The Labute approximate surface area is 82.3 Å². The summed E-state index contributed by atoms with van der Waals surface area (Å²) in [4.78, 5) is 13.0. The van der Waals surface area contributed by atoms with Crippen molar-refractivity contribution >= 4 is 17.3 Å². The smallest absolute Gasteiger partial charge is 0.231 e. The summed E-state index contributed by atoms with van der Waals surface area (Å²) in [5.74, 6) is 0.734. The molecule has 4 heteroatoms. The average molecular weight is 192 g/mol. The molecule has 1 aromatic rings. The molecule has 0 saturated heterocycles. The highest BCUT2D eigenvalue weighted by molar-refractivity contribution is 6.03. The van der Waals surface area contributed by atoms with Gasteiger partial charge in [-0.2, -0.15) is 0 Å². The number of nitrogens with two attached hydrogens (primary N) is 1. The Morgan fingerprint density at radius 2 is 2.21 bits per heavy atom. The van der Waals surface area contributed by atoms with Crippen LogP contribution in [0, 0.1) is 0 Å². The summed E-state index contributed by atoms with van der Waals surface area (Å²) in [7, 11) is 3.32. The third kappa shape index (κ3) is 1.11. The summed E-state index contributed by atoms with van der Waals surface area (Å²) in [6.45, 7) is 0. The van der Waals surface area contributed by atoms with Gasteiger partial charge >= 0.3 is 0 Å². The molecule has 1 amide bonds. The van der Waals surface area contributed by atoms with Crippen LogP contribution in [0.1, 0.15) is 5.56 Å². The second-order valence-corrected chi connectivity index (χ2v) is 3.36. The van der Waals surface area contributed by atoms with Crippen molar-refractivity contribution in [1.29, 1.82) is 0 Å². The van der Waals surface area contributed by atoms with Gasteiger partial charge in [0.05, 0.1) is 19.2 Å². The average Bonchev–Trinajstić information content (AvgIpc) is 2.41. The van der Waals surface area contributed by atoms with E-state index < -0.39 is 0 Å². The summed E-state index contributed by atoms with van der Waals surface area (Å²) in [5, 5.41) is 0. The molecule has 1 aromatic carbocycles. The number of rotatable bonds is 1. The van der Waals surface area contributed by atoms with Crippen LogP contribution in [-0.2, 0) is 11.2 Å². The summed E-state index contributed by atoms with van der Waals surface area (Å²) in [6.07, 6.45) is 0.410. The third-order valence-electron chi connectivity index (χ3n) is 2.45. The van der Waals surface area contributed by atoms with Crippen LogP contribution in [0.5, 0.6) is 5.75 Å². The van der Waals surface area contributed by atoms with Crippen LogP contribution in [0.3, 0.4) is 0 Å². The Balaban J connectivity index is 2.61. The lowest BCUT2D eigenvalue weighted by atomic mass is 10.1. The van der Waals surface area contributed by atoms with E-state index in [1.54, 1.807) is 25.1 Å². The van der Waals surface area contributed by atoms with Crippen LogP contribution in [0.4, 0.5) is 11.4 Å². The van der Waals surface area contributed by atoms with Gasteiger partial charge in [-0.15, -0.1) is 0 Å². The fourth-order valence-electron chi connectivity index (χ4n) is 1.77. The minimum atomic E-state index is 0.0731. The molecule has 0 fully saturated rings. The number of benzene rings is 1. The van der Waals surface area contributed by atoms with E-state index in [0.29, 0.717) is 17.9 Å². The molecule has 0 atom stereocenters. The zero-order valence-corrected chi connectivity index (χ0v) is 8.20. The van der Waals surface area contributed by atoms with E-state index in [0.717, 1.165) is 11.3 Å². The predicted molar refractivity (Wildman–Crippen MR) is 54.5 cm³/mol. The van der Waals surface area contributed by atoms with E-state index in [1.165, 1.54) is 0 Å². The van der Waals surface area contributed by atoms with Crippen molar-refractivity contribution in [3.63, 3.8) is 0 Å². The molecule has 2 N–H and O–H groups in total. The van der Waals surface area contributed by atoms with Crippen LogP contribution in [0.2, 0.25) is 0 Å². The van der Waals surface area contributed by atoms with Gasteiger partial charge in [-0.1, -0.05) is 0 Å². The summed E-state index contributed by atoms with van der Waals surface area (Å²) < 4.78 is 5.18. The Hall–Kier alpha value is -1.71. The minimum absolute atomic E-state index is 0.0731. The second-order valence-electron chi connectivity index (χ2n) is 3.36. The topological polar surface area (TPSA) is 55.6 Å². The molecule has 0 unspecified atom stereocenters. The number of fused-ring (bicyclic) bond motifs is 1. The van der Waals surface area contributed by atoms with Gasteiger partial charge in [-0.3, -0.25) is 4.79 Å². The lowest BCUT2D eigenvalue weighted by molar-refractivity contribution is -0.117. The number of likely N-dealkylation sites (N-methyl/N-ethyl adjacent to an activating group) is 1. The molecule has 0 aromatic heterocycles. The highest BCUT2D eigenvalue weighted by atomic mass is 16.5. The maximum atomic E-state index is 11.4. The molecule has 0 aliphatic carbocycles. The van der Waals surface area contributed by atoms with Crippen molar-refractivity contribution in [2.24, 2.45) is 0 Å². The van der Waals surface area contributed by atoms with Gasteiger partial charge in [0.25, 0.3) is 0 Å². The van der Waals surface area contributed by atoms with E-state index in [2.05, 4.69) is 0 Å². The molecule has 2 rings (SSSR count). The third-order valence-corrected chi connectivity index (χ3v) is 2.45. The number of hydrogen-bond acceptors (Lipinski definition) is 3. The summed E-state index contributed by atoms with van der Waals surface area (Å²) in [5.41, 5.74) is 8.10. The number of amides is 1. The number of ether oxygens (including phenoxy) is 1. The first-order valence-electron chi connectivity index (χ1n) is 4.36. The second kappa shape index (κ2) is 2.90. The number of anilines is 2. The SMILES string of the molecule is COc1cc(N)cc2c1N(C)C(=O)C2. The van der Waals surface area contributed by atoms with Crippen LogP contribution < -0.4 is 15.4 Å². The standard InChI is InChI=1S/C10H12N2O2/c1-12-9(13)4-6-3-7(11)5-8(14-2)10(6)12/h3,5H,4,11H2,1-2H3. The predicted octanol–water partition coefficient (Wildman–Crippen LogP) is 0.796. The largest absolute Gasteiger partial charge is 0.494 e. The van der Waals surface area contributed by atoms with Crippen molar-refractivity contribution in [1.82, 2.24) is 0 Å². The van der Waals surface area contributed by atoms with Gasteiger partial charge in [-0.05, 0) is 11.6 Å². The summed E-state index contributed by atoms with van der Waals surface area (Å²) >= 11 is 0. The van der Waals surface area contributed by atoms with E-state index in [4.69, 9.17) is 10.5 Å². The van der Waals surface area contributed by atoms with Crippen molar-refractivity contribution < 1.29 is 9.53 Å². The van der Waals surface area contributed by atoms with Crippen molar-refractivity contribution in [2.45, 2.75) is 6.42 Å². The maximum Gasteiger partial charge on any atom is 0.231 e. The highest BCUT2D eigenvalue weighted by Gasteiger charge is 2.27. The monoisotopic (exact) mass is 192 g/mol. The highest BCUT2D eigenvalue weighted by Crippen LogP contribution is 2.38. The van der Waals surface area contributed by atoms with Gasteiger partial charge < -0.3 is 15.4 Å². The number of carbonyl (C=O) groups excluding carboxylic acids is 1. The molecule has 1 aliphatic rings. The zero-order valence-electron chi connectivity index (χ0n) is 8.20. The van der Waals surface area contributed by atoms with Gasteiger partial charge in [0, 0.05) is 18.8 Å². The Kier molecular flexibility index (Phi) is 1.84. The van der Waals surface area contributed by atoms with Crippen molar-refractivity contribution in [2.75, 3.05) is 24.8 Å². The lowest BCUT2D eigenvalue weighted by Crippen LogP contribution is -2.21. The van der Waals surface area contributed by atoms with Crippen LogP contribution in [0.25, 0.3) is 0 Å². The van der Waals surface area contributed by atoms with E-state index in [1.807, 2.05) is 6.07 Å². The fraction of sp³-hybridized carbons (Fsp3) is 0.300. The number of hydrogen-bond donors (Lipinski definition) is 1. The number of nitrogen functional groups attached to an aromatic ring is 1. The number of nitrogens with zero attached hydrogens (tertiary/aromatic N) is 1. The number of carbonyl (C=O) groups is 1. The summed E-state index contributed by atoms with van der Waals surface area (Å²) in [6, 6.07) is 3.55. The van der Waals surface area contributed by atoms with Crippen molar-refractivity contribution in [3.05, 3.63) is 17.7 Å². The maximum absolute atomic E-state index is 11.4. The molecule has 0 saturated carbocycles. The van der Waals surface area contributed by atoms with Crippen LogP contribution >= 0.6 is 0 Å². The molecule has 0 spiro atoms. The quantitative estimate of drug-likeness (QED) is 0.669. The molecule has 0 bridgehead atoms. The molecular formula is C10H12N2O2. The Morgan fingerprint density at radius 1 is 1.50 bits per heavy atom. The molecule has 1 heterocycles. The van der Waals surface area contributed by atoms with E-state index in [-0.39, 0.29) is 5.91 Å². The van der Waals surface area contributed by atoms with Crippen molar-refractivity contribution in [3.8, 4) is 5.75 Å². The normalized spacial score (nSPS) is 14.4. The van der Waals surface area contributed by atoms with Crippen LogP contribution in [0.15, 0.2) is 12.1 Å². The molecular weight excluding hydrogens is 180 g/mol. The Bertz CT molecular complexity index is 401. The molecule has 74 valence electrons. The van der Waals surface area contributed by atoms with Crippen LogP contribution in [-0.4, -0.2) is 20.1 Å². The first-order chi connectivity index (χ1) is 6.63. The zero-order chi connectivity index (χ0) is 10.3. The molecule has 0 radical (unpaired) electrons. The Morgan fingerprint density at radius 3 is 2.86 bits per heavy atom. The van der Waals surface area contributed by atoms with E-state index in [9.17, 15) is 4.79 Å². The van der Waals surface area contributed by atoms with Gasteiger partial charge in [0.2, 0.25) is 5.91 Å². The molecule has 1 aliphatic heterocycles. The van der Waals surface area contributed by atoms with E-state index >= 15 is 0 Å².